The van der Waals surface area contributed by atoms with Crippen LogP contribution in [-0.4, -0.2) is 48.8 Å². The topological polar surface area (TPSA) is 28.1 Å². The van der Waals surface area contributed by atoms with E-state index in [0.29, 0.717) is 0 Å². The van der Waals surface area contributed by atoms with Crippen molar-refractivity contribution >= 4 is 6.21 Å². The predicted octanol–water partition coefficient (Wildman–Crippen LogP) is 7.26. The minimum absolute atomic E-state index is 0.280. The molecule has 2 aliphatic rings. The van der Waals surface area contributed by atoms with Gasteiger partial charge in [-0.1, -0.05) is 85.3 Å². The number of allylic oxidation sites excluding steroid dienone is 1. The lowest BCUT2D eigenvalue weighted by Crippen LogP contribution is -2.31. The number of nitrogens with zero attached hydrogens (tertiary/aromatic N) is 3. The summed E-state index contributed by atoms with van der Waals surface area (Å²) in [4.78, 5) is 10.1. The van der Waals surface area contributed by atoms with Gasteiger partial charge in [-0.25, -0.2) is 0 Å². The van der Waals surface area contributed by atoms with Crippen LogP contribution in [-0.2, 0) is 18.6 Å². The van der Waals surface area contributed by atoms with Crippen molar-refractivity contribution < 1.29 is 4.74 Å². The molecule has 0 amide bonds. The lowest BCUT2D eigenvalue weighted by molar-refractivity contribution is 0.205. The second kappa shape index (κ2) is 14.3. The Hall–Kier alpha value is -3.21. The van der Waals surface area contributed by atoms with Gasteiger partial charge in [0.05, 0.1) is 6.61 Å². The number of likely N-dealkylation sites (tertiary alicyclic amines) is 1. The Bertz CT molecular complexity index is 1110. The Morgan fingerprint density at radius 3 is 2.05 bits per heavy atom. The van der Waals surface area contributed by atoms with Crippen molar-refractivity contribution in [1.29, 1.82) is 0 Å². The highest BCUT2D eigenvalue weighted by Gasteiger charge is 2.30. The largest absolute Gasteiger partial charge is 0.494 e. The molecule has 0 N–H and O–H groups in total. The summed E-state index contributed by atoms with van der Waals surface area (Å²) in [6.45, 7) is 7.34. The van der Waals surface area contributed by atoms with E-state index < -0.39 is 0 Å². The molecule has 0 spiro atoms. The number of ether oxygens (including phenoxy) is 1. The Morgan fingerprint density at radius 1 is 0.769 bits per heavy atom. The maximum atomic E-state index is 6.08. The molecule has 2 aliphatic heterocycles. The van der Waals surface area contributed by atoms with Gasteiger partial charge in [-0.3, -0.25) is 9.89 Å². The van der Waals surface area contributed by atoms with Crippen LogP contribution in [0.2, 0.25) is 0 Å². The Kier molecular flexibility index (Phi) is 10.00. The molecule has 3 aromatic carbocycles. The van der Waals surface area contributed by atoms with Crippen molar-refractivity contribution in [1.82, 2.24) is 9.80 Å². The van der Waals surface area contributed by atoms with Crippen LogP contribution in [0.15, 0.2) is 102 Å². The van der Waals surface area contributed by atoms with Gasteiger partial charge in [-0.05, 0) is 86.6 Å². The van der Waals surface area contributed by atoms with Gasteiger partial charge in [0.1, 0.15) is 11.3 Å². The van der Waals surface area contributed by atoms with Crippen LogP contribution in [0.4, 0.5) is 0 Å². The molecule has 0 radical (unpaired) electrons. The second-order valence-electron chi connectivity index (χ2n) is 11.0. The van der Waals surface area contributed by atoms with E-state index in [2.05, 4.69) is 107 Å². The van der Waals surface area contributed by atoms with Gasteiger partial charge >= 0.3 is 0 Å². The Balaban J connectivity index is 1.15. The number of hydrogen-bond acceptors (Lipinski definition) is 4. The zero-order valence-corrected chi connectivity index (χ0v) is 23.3. The first-order valence-corrected chi connectivity index (χ1v) is 14.8. The summed E-state index contributed by atoms with van der Waals surface area (Å²) < 4.78 is 6.08. The highest BCUT2D eigenvalue weighted by molar-refractivity contribution is 5.75. The van der Waals surface area contributed by atoms with Gasteiger partial charge < -0.3 is 9.64 Å². The fraction of sp³-hybridized carbons (Fsp3) is 0.400. The molecule has 1 fully saturated rings. The van der Waals surface area contributed by atoms with Gasteiger partial charge in [-0.15, -0.1) is 0 Å². The number of aliphatic imine (C=N–C) groups is 1. The van der Waals surface area contributed by atoms with Gasteiger partial charge in [0.25, 0.3) is 0 Å². The van der Waals surface area contributed by atoms with Crippen LogP contribution < -0.4 is 4.74 Å². The number of benzene rings is 3. The monoisotopic (exact) mass is 521 g/mol. The lowest BCUT2D eigenvalue weighted by atomic mass is 9.86. The zero-order valence-electron chi connectivity index (χ0n) is 23.3. The molecule has 39 heavy (non-hydrogen) atoms. The van der Waals surface area contributed by atoms with E-state index in [-0.39, 0.29) is 5.54 Å². The van der Waals surface area contributed by atoms with Crippen molar-refractivity contribution in [2.75, 3.05) is 32.8 Å². The van der Waals surface area contributed by atoms with Gasteiger partial charge in [0.15, 0.2) is 0 Å². The molecule has 4 nitrogen and oxygen atoms in total. The van der Waals surface area contributed by atoms with E-state index in [9.17, 15) is 0 Å². The molecule has 0 saturated carbocycles. The number of hydrogen-bond donors (Lipinski definition) is 0. The first-order chi connectivity index (χ1) is 19.3. The van der Waals surface area contributed by atoms with Gasteiger partial charge in [0.2, 0.25) is 0 Å². The fourth-order valence-corrected chi connectivity index (χ4v) is 5.85. The minimum Gasteiger partial charge on any atom is -0.494 e. The summed E-state index contributed by atoms with van der Waals surface area (Å²) in [5.41, 5.74) is 3.67. The zero-order chi connectivity index (χ0) is 26.6. The van der Waals surface area contributed by atoms with E-state index in [1.807, 2.05) is 6.21 Å². The minimum atomic E-state index is -0.280. The summed E-state index contributed by atoms with van der Waals surface area (Å²) in [7, 11) is 0. The Morgan fingerprint density at radius 2 is 1.44 bits per heavy atom. The van der Waals surface area contributed by atoms with Crippen molar-refractivity contribution in [2.24, 2.45) is 4.99 Å². The molecule has 1 saturated heterocycles. The molecule has 2 heterocycles. The third-order valence-corrected chi connectivity index (χ3v) is 7.98. The van der Waals surface area contributed by atoms with Crippen LogP contribution in [0.5, 0.6) is 5.75 Å². The van der Waals surface area contributed by atoms with Crippen molar-refractivity contribution in [3.05, 3.63) is 114 Å². The van der Waals surface area contributed by atoms with Crippen LogP contribution in [0.1, 0.15) is 55.2 Å². The highest BCUT2D eigenvalue weighted by atomic mass is 16.5. The maximum Gasteiger partial charge on any atom is 0.119 e. The maximum absolute atomic E-state index is 6.08. The number of rotatable bonds is 14. The highest BCUT2D eigenvalue weighted by Crippen LogP contribution is 2.36. The summed E-state index contributed by atoms with van der Waals surface area (Å²) >= 11 is 0. The van der Waals surface area contributed by atoms with Crippen LogP contribution in [0.3, 0.4) is 0 Å². The molecule has 1 unspecified atom stereocenters. The van der Waals surface area contributed by atoms with E-state index in [1.54, 1.807) is 0 Å². The molecular weight excluding hydrogens is 478 g/mol. The van der Waals surface area contributed by atoms with E-state index in [0.717, 1.165) is 57.8 Å². The normalized spacial score (nSPS) is 19.1. The van der Waals surface area contributed by atoms with Gasteiger partial charge in [0, 0.05) is 25.8 Å². The first kappa shape index (κ1) is 27.4. The predicted molar refractivity (Wildman–Crippen MR) is 162 cm³/mol. The quantitative estimate of drug-likeness (QED) is 0.209. The molecular formula is C35H43N3O. The average Bonchev–Trinajstić information content (AvgIpc) is 3.47. The van der Waals surface area contributed by atoms with Crippen LogP contribution in [0.25, 0.3) is 0 Å². The van der Waals surface area contributed by atoms with E-state index in [1.165, 1.54) is 49.0 Å². The molecule has 0 aliphatic carbocycles. The molecule has 5 rings (SSSR count). The summed E-state index contributed by atoms with van der Waals surface area (Å²) in [6.07, 6.45) is 13.5. The summed E-state index contributed by atoms with van der Waals surface area (Å²) in [6, 6.07) is 30.2. The smallest absolute Gasteiger partial charge is 0.119 e. The third kappa shape index (κ3) is 8.14. The molecule has 1 atom stereocenters. The molecule has 204 valence electrons. The van der Waals surface area contributed by atoms with Crippen molar-refractivity contribution in [3.63, 3.8) is 0 Å². The van der Waals surface area contributed by atoms with Crippen molar-refractivity contribution in [2.45, 2.75) is 57.2 Å². The fourth-order valence-electron chi connectivity index (χ4n) is 5.85. The van der Waals surface area contributed by atoms with E-state index >= 15 is 0 Å². The molecule has 4 heteroatoms. The van der Waals surface area contributed by atoms with Crippen molar-refractivity contribution in [3.8, 4) is 5.75 Å². The summed E-state index contributed by atoms with van der Waals surface area (Å²) in [5.74, 6) is 0.954. The first-order valence-electron chi connectivity index (χ1n) is 14.8. The average molecular weight is 522 g/mol. The summed E-state index contributed by atoms with van der Waals surface area (Å²) in [5, 5.41) is 0. The SMILES string of the molecule is C1=CC(CCCN(Cc2ccccc2)Cc2ccccc2)(c2ccc(OCCCN3CCCCC3)cc2)N=C1. The standard InChI is InChI=1S/C35H43N3O/c1-4-13-31(14-5-1)29-38(30-32-15-6-2-7-16-32)26-11-22-35(21-10-23-36-35)33-17-19-34(20-18-33)39-28-12-27-37-24-8-3-9-25-37/h1-2,4-7,10,13-21,23H,3,8-9,11-12,22,24-30H2. The van der Waals surface area contributed by atoms with Crippen LogP contribution in [0, 0.1) is 0 Å². The second-order valence-corrected chi connectivity index (χ2v) is 11.0. The third-order valence-electron chi connectivity index (χ3n) is 7.98. The van der Waals surface area contributed by atoms with Crippen LogP contribution >= 0.6 is 0 Å². The molecule has 0 bridgehead atoms. The lowest BCUT2D eigenvalue weighted by Gasteiger charge is -2.28. The number of piperidine rings is 1. The van der Waals surface area contributed by atoms with Gasteiger partial charge in [-0.2, -0.15) is 0 Å². The molecule has 3 aromatic rings. The van der Waals surface area contributed by atoms with E-state index in [4.69, 9.17) is 9.73 Å². The molecule has 0 aromatic heterocycles. The Labute approximate surface area is 235 Å².